The van der Waals surface area contributed by atoms with Gasteiger partial charge in [-0.25, -0.2) is 4.39 Å². The molecule has 1 atom stereocenters. The number of para-hydroxylation sites is 1. The summed E-state index contributed by atoms with van der Waals surface area (Å²) in [6, 6.07) is 11.1. The molecule has 0 aliphatic carbocycles. The van der Waals surface area contributed by atoms with E-state index < -0.39 is 5.82 Å². The van der Waals surface area contributed by atoms with Gasteiger partial charge in [0, 0.05) is 5.56 Å². The van der Waals surface area contributed by atoms with Gasteiger partial charge in [0.25, 0.3) is 0 Å². The molecule has 120 valence electrons. The Morgan fingerprint density at radius 3 is 2.96 bits per heavy atom. The maximum atomic E-state index is 13.9. The quantitative estimate of drug-likeness (QED) is 0.915. The van der Waals surface area contributed by atoms with Crippen molar-refractivity contribution in [1.29, 1.82) is 0 Å². The van der Waals surface area contributed by atoms with Crippen LogP contribution in [-0.2, 0) is 11.2 Å². The Labute approximate surface area is 133 Å². The van der Waals surface area contributed by atoms with E-state index in [1.165, 1.54) is 6.07 Å². The predicted molar refractivity (Wildman–Crippen MR) is 83.8 cm³/mol. The molecule has 3 rings (SSSR count). The topological polar surface area (TPSA) is 58.6 Å². The second-order valence-corrected chi connectivity index (χ2v) is 5.62. The minimum Gasteiger partial charge on any atom is -0.508 e. The number of nitrogens with one attached hydrogen (secondary N) is 1. The van der Waals surface area contributed by atoms with Crippen molar-refractivity contribution in [2.45, 2.75) is 25.3 Å². The maximum Gasteiger partial charge on any atom is 0.224 e. The molecule has 0 spiro atoms. The molecule has 0 saturated carbocycles. The number of rotatable bonds is 3. The van der Waals surface area contributed by atoms with Crippen LogP contribution in [0.25, 0.3) is 0 Å². The number of halogens is 1. The molecule has 0 unspecified atom stereocenters. The zero-order valence-corrected chi connectivity index (χ0v) is 12.6. The van der Waals surface area contributed by atoms with Gasteiger partial charge in [0.2, 0.25) is 5.91 Å². The van der Waals surface area contributed by atoms with E-state index in [9.17, 15) is 14.3 Å². The lowest BCUT2D eigenvalue weighted by molar-refractivity contribution is -0.121. The highest BCUT2D eigenvalue weighted by Gasteiger charge is 2.23. The van der Waals surface area contributed by atoms with Crippen molar-refractivity contribution < 1.29 is 19.0 Å². The number of carbonyl (C=O) groups excluding carboxylic acids is 1. The zero-order valence-electron chi connectivity index (χ0n) is 12.6. The average Bonchev–Trinajstić information content (AvgIpc) is 2.71. The maximum absolute atomic E-state index is 13.9. The van der Waals surface area contributed by atoms with Gasteiger partial charge in [-0.15, -0.1) is 0 Å². The van der Waals surface area contributed by atoms with Crippen LogP contribution in [0.5, 0.6) is 11.5 Å². The average molecular weight is 315 g/mol. The molecule has 5 heteroatoms. The number of phenols is 1. The number of aromatic hydroxyl groups is 1. The van der Waals surface area contributed by atoms with Gasteiger partial charge in [-0.1, -0.05) is 24.3 Å². The van der Waals surface area contributed by atoms with E-state index in [1.807, 2.05) is 0 Å². The van der Waals surface area contributed by atoms with E-state index in [-0.39, 0.29) is 29.9 Å². The summed E-state index contributed by atoms with van der Waals surface area (Å²) in [5.74, 6) is -0.215. The van der Waals surface area contributed by atoms with E-state index in [0.717, 1.165) is 12.0 Å². The summed E-state index contributed by atoms with van der Waals surface area (Å²) in [6.07, 6.45) is 1.60. The monoisotopic (exact) mass is 315 g/mol. The van der Waals surface area contributed by atoms with Crippen LogP contribution in [0.4, 0.5) is 4.39 Å². The van der Waals surface area contributed by atoms with Gasteiger partial charge < -0.3 is 15.2 Å². The molecule has 1 amide bonds. The Kier molecular flexibility index (Phi) is 4.46. The molecule has 4 nitrogen and oxygen atoms in total. The van der Waals surface area contributed by atoms with E-state index in [2.05, 4.69) is 5.32 Å². The normalized spacial score (nSPS) is 16.8. The first-order valence-corrected chi connectivity index (χ1v) is 7.62. The fourth-order valence-corrected chi connectivity index (χ4v) is 2.82. The van der Waals surface area contributed by atoms with Crippen LogP contribution in [0.3, 0.4) is 0 Å². The second-order valence-electron chi connectivity index (χ2n) is 5.62. The molecule has 0 aromatic heterocycles. The Morgan fingerprint density at radius 1 is 1.30 bits per heavy atom. The Hall–Kier alpha value is -2.56. The lowest BCUT2D eigenvalue weighted by Crippen LogP contribution is -2.29. The summed E-state index contributed by atoms with van der Waals surface area (Å²) in [6.45, 7) is 0.437. The standard InChI is InChI=1S/C18H18FNO3/c19-15-7-2-6-14-16(8-3-9-23-18(14)15)20-17(22)11-12-4-1-5-13(21)10-12/h1-2,4-7,10,16,21H,3,8-9,11H2,(H,20,22)/t16-/m1/s1. The SMILES string of the molecule is O=C(Cc1cccc(O)c1)N[C@@H]1CCCOc2c(F)cccc21. The number of ether oxygens (including phenoxy) is 1. The molecule has 0 bridgehead atoms. The van der Waals surface area contributed by atoms with Gasteiger partial charge in [-0.2, -0.15) is 0 Å². The van der Waals surface area contributed by atoms with Crippen LogP contribution in [0.1, 0.15) is 30.0 Å². The summed E-state index contributed by atoms with van der Waals surface area (Å²) in [5.41, 5.74) is 1.40. The van der Waals surface area contributed by atoms with Crippen molar-refractivity contribution in [1.82, 2.24) is 5.32 Å². The molecule has 1 aliphatic heterocycles. The van der Waals surface area contributed by atoms with Gasteiger partial charge in [0.1, 0.15) is 5.75 Å². The number of phenolic OH excluding ortho intramolecular Hbond substituents is 1. The van der Waals surface area contributed by atoms with Crippen LogP contribution in [0.2, 0.25) is 0 Å². The van der Waals surface area contributed by atoms with Crippen molar-refractivity contribution in [3.05, 3.63) is 59.4 Å². The molecular weight excluding hydrogens is 297 g/mol. The highest BCUT2D eigenvalue weighted by molar-refractivity contribution is 5.79. The number of benzene rings is 2. The highest BCUT2D eigenvalue weighted by Crippen LogP contribution is 2.33. The van der Waals surface area contributed by atoms with Crippen LogP contribution >= 0.6 is 0 Å². The highest BCUT2D eigenvalue weighted by atomic mass is 19.1. The zero-order chi connectivity index (χ0) is 16.2. The fourth-order valence-electron chi connectivity index (χ4n) is 2.82. The van der Waals surface area contributed by atoms with Crippen molar-refractivity contribution in [2.24, 2.45) is 0 Å². The molecule has 2 aromatic rings. The third-order valence-corrected chi connectivity index (χ3v) is 3.87. The number of fused-ring (bicyclic) bond motifs is 1. The number of hydrogen-bond donors (Lipinski definition) is 2. The van der Waals surface area contributed by atoms with Crippen molar-refractivity contribution in [3.63, 3.8) is 0 Å². The number of amides is 1. The van der Waals surface area contributed by atoms with E-state index >= 15 is 0 Å². The van der Waals surface area contributed by atoms with Gasteiger partial charge in [-0.3, -0.25) is 4.79 Å². The third kappa shape index (κ3) is 3.62. The summed E-state index contributed by atoms with van der Waals surface area (Å²) in [5, 5.41) is 12.4. The minimum atomic E-state index is -0.406. The van der Waals surface area contributed by atoms with Crippen molar-refractivity contribution in [3.8, 4) is 11.5 Å². The van der Waals surface area contributed by atoms with E-state index in [1.54, 1.807) is 36.4 Å². The number of hydrogen-bond acceptors (Lipinski definition) is 3. The first-order chi connectivity index (χ1) is 11.1. The van der Waals surface area contributed by atoms with Crippen LogP contribution in [0, 0.1) is 5.82 Å². The smallest absolute Gasteiger partial charge is 0.224 e. The van der Waals surface area contributed by atoms with Gasteiger partial charge in [0.15, 0.2) is 11.6 Å². The first kappa shape index (κ1) is 15.3. The summed E-state index contributed by atoms with van der Waals surface area (Å²) in [4.78, 5) is 12.3. The Balaban J connectivity index is 1.75. The molecule has 2 aromatic carbocycles. The lowest BCUT2D eigenvalue weighted by atomic mass is 10.0. The third-order valence-electron chi connectivity index (χ3n) is 3.87. The van der Waals surface area contributed by atoms with Gasteiger partial charge >= 0.3 is 0 Å². The van der Waals surface area contributed by atoms with Gasteiger partial charge in [-0.05, 0) is 36.6 Å². The van der Waals surface area contributed by atoms with Crippen molar-refractivity contribution >= 4 is 5.91 Å². The molecule has 23 heavy (non-hydrogen) atoms. The minimum absolute atomic E-state index is 0.130. The summed E-state index contributed by atoms with van der Waals surface area (Å²) < 4.78 is 19.4. The Bertz CT molecular complexity index is 717. The molecular formula is C18H18FNO3. The molecule has 0 fully saturated rings. The first-order valence-electron chi connectivity index (χ1n) is 7.62. The number of carbonyl (C=O) groups is 1. The lowest BCUT2D eigenvalue weighted by Gasteiger charge is -2.18. The Morgan fingerprint density at radius 2 is 2.13 bits per heavy atom. The molecule has 2 N–H and O–H groups in total. The molecule has 0 radical (unpaired) electrons. The van der Waals surface area contributed by atoms with Crippen LogP contribution < -0.4 is 10.1 Å². The van der Waals surface area contributed by atoms with Crippen LogP contribution in [0.15, 0.2) is 42.5 Å². The van der Waals surface area contributed by atoms with Gasteiger partial charge in [0.05, 0.1) is 19.1 Å². The summed E-state index contributed by atoms with van der Waals surface area (Å²) >= 11 is 0. The van der Waals surface area contributed by atoms with Crippen molar-refractivity contribution in [2.75, 3.05) is 6.61 Å². The predicted octanol–water partition coefficient (Wildman–Crippen LogP) is 3.10. The van der Waals surface area contributed by atoms with E-state index in [4.69, 9.17) is 4.74 Å². The second kappa shape index (κ2) is 6.69. The molecule has 1 aliphatic rings. The molecule has 1 heterocycles. The fraction of sp³-hybridized carbons (Fsp3) is 0.278. The summed E-state index contributed by atoms with van der Waals surface area (Å²) in [7, 11) is 0. The molecule has 0 saturated heterocycles. The largest absolute Gasteiger partial charge is 0.508 e. The van der Waals surface area contributed by atoms with E-state index in [0.29, 0.717) is 18.6 Å². The van der Waals surface area contributed by atoms with Crippen LogP contribution in [-0.4, -0.2) is 17.6 Å².